The van der Waals surface area contributed by atoms with Gasteiger partial charge in [0, 0.05) is 26.7 Å². The molecule has 5 nitrogen and oxygen atoms in total. The van der Waals surface area contributed by atoms with Crippen LogP contribution in [-0.4, -0.2) is 39.3 Å². The van der Waals surface area contributed by atoms with Crippen molar-refractivity contribution in [3.05, 3.63) is 48.0 Å². The van der Waals surface area contributed by atoms with E-state index >= 15 is 0 Å². The molecule has 0 spiro atoms. The second-order valence-electron chi connectivity index (χ2n) is 4.60. The third-order valence-corrected chi connectivity index (χ3v) is 3.18. The van der Waals surface area contributed by atoms with Crippen molar-refractivity contribution in [1.29, 1.82) is 0 Å². The van der Waals surface area contributed by atoms with Gasteiger partial charge in [-0.15, -0.1) is 0 Å². The molecule has 0 fully saturated rings. The van der Waals surface area contributed by atoms with Crippen LogP contribution in [0, 0.1) is 0 Å². The average molecular weight is 259 g/mol. The summed E-state index contributed by atoms with van der Waals surface area (Å²) < 4.78 is 1.81. The fourth-order valence-corrected chi connectivity index (χ4v) is 2.05. The van der Waals surface area contributed by atoms with E-state index in [0.717, 1.165) is 31.9 Å². The summed E-state index contributed by atoms with van der Waals surface area (Å²) in [4.78, 5) is 6.58. The first-order chi connectivity index (χ1) is 9.29. The second kappa shape index (κ2) is 7.01. The lowest BCUT2D eigenvalue weighted by atomic mass is 10.1. The van der Waals surface area contributed by atoms with E-state index in [1.807, 2.05) is 17.8 Å². The number of rotatable bonds is 7. The summed E-state index contributed by atoms with van der Waals surface area (Å²) in [5.74, 6) is 0.974. The quantitative estimate of drug-likeness (QED) is 0.799. The highest BCUT2D eigenvalue weighted by Crippen LogP contribution is 2.04. The van der Waals surface area contributed by atoms with Crippen LogP contribution in [0.1, 0.15) is 11.4 Å². The van der Waals surface area contributed by atoms with Crippen molar-refractivity contribution in [1.82, 2.24) is 19.7 Å². The molecule has 19 heavy (non-hydrogen) atoms. The average Bonchev–Trinajstić information content (AvgIpc) is 2.83. The molecule has 0 atom stereocenters. The molecule has 1 heterocycles. The molecule has 2 aromatic rings. The number of hydrogen-bond donors (Lipinski definition) is 1. The topological polar surface area (TPSA) is 60.0 Å². The lowest BCUT2D eigenvalue weighted by Crippen LogP contribution is -2.32. The van der Waals surface area contributed by atoms with Crippen LogP contribution in [0.4, 0.5) is 0 Å². The minimum absolute atomic E-state index is 0.659. The summed E-state index contributed by atoms with van der Waals surface area (Å²) in [6.45, 7) is 3.31. The van der Waals surface area contributed by atoms with Crippen molar-refractivity contribution in [2.45, 2.75) is 13.0 Å². The van der Waals surface area contributed by atoms with Gasteiger partial charge in [-0.3, -0.25) is 9.58 Å². The van der Waals surface area contributed by atoms with Crippen molar-refractivity contribution in [3.8, 4) is 0 Å². The van der Waals surface area contributed by atoms with Gasteiger partial charge in [0.15, 0.2) is 0 Å². The Labute approximate surface area is 114 Å². The number of hydrogen-bond acceptors (Lipinski definition) is 4. The van der Waals surface area contributed by atoms with Gasteiger partial charge in [0.05, 0.1) is 6.54 Å². The normalized spacial score (nSPS) is 11.1. The van der Waals surface area contributed by atoms with E-state index < -0.39 is 0 Å². The molecular formula is C14H21N5. The molecule has 2 N–H and O–H groups in total. The van der Waals surface area contributed by atoms with E-state index in [2.05, 4.69) is 39.2 Å². The maximum atomic E-state index is 5.68. The molecule has 0 aliphatic carbocycles. The number of nitrogens with two attached hydrogens (primary N) is 1. The van der Waals surface area contributed by atoms with Gasteiger partial charge in [-0.2, -0.15) is 5.10 Å². The van der Waals surface area contributed by atoms with E-state index in [4.69, 9.17) is 5.73 Å². The van der Waals surface area contributed by atoms with Crippen LogP contribution < -0.4 is 5.73 Å². The van der Waals surface area contributed by atoms with Gasteiger partial charge in [-0.1, -0.05) is 30.3 Å². The molecule has 1 aromatic carbocycles. The molecule has 0 radical (unpaired) electrons. The number of benzene rings is 1. The van der Waals surface area contributed by atoms with Gasteiger partial charge in [-0.25, -0.2) is 4.98 Å². The molecule has 0 saturated carbocycles. The Kier molecular flexibility index (Phi) is 5.06. The molecule has 0 saturated heterocycles. The first-order valence-electron chi connectivity index (χ1n) is 6.59. The van der Waals surface area contributed by atoms with Crippen LogP contribution in [0.15, 0.2) is 36.7 Å². The van der Waals surface area contributed by atoms with Gasteiger partial charge >= 0.3 is 0 Å². The van der Waals surface area contributed by atoms with Gasteiger partial charge in [-0.05, 0) is 12.0 Å². The number of aryl methyl sites for hydroxylation is 1. The summed E-state index contributed by atoms with van der Waals surface area (Å²) in [6, 6.07) is 10.5. The van der Waals surface area contributed by atoms with E-state index in [1.165, 1.54) is 5.56 Å². The van der Waals surface area contributed by atoms with Gasteiger partial charge in [0.2, 0.25) is 0 Å². The molecule has 1 aromatic heterocycles. The minimum atomic E-state index is 0.659. The molecule has 5 heteroatoms. The largest absolute Gasteiger partial charge is 0.329 e. The SMILES string of the molecule is Cn1ncnc1CN(CCN)CCc1ccccc1. The smallest absolute Gasteiger partial charge is 0.140 e. The van der Waals surface area contributed by atoms with Crippen LogP contribution in [0.2, 0.25) is 0 Å². The summed E-state index contributed by atoms with van der Waals surface area (Å²) in [6.07, 6.45) is 2.62. The van der Waals surface area contributed by atoms with Crippen LogP contribution in [0.5, 0.6) is 0 Å². The second-order valence-corrected chi connectivity index (χ2v) is 4.60. The van der Waals surface area contributed by atoms with Crippen LogP contribution in [-0.2, 0) is 20.0 Å². The van der Waals surface area contributed by atoms with Gasteiger partial charge in [0.1, 0.15) is 12.2 Å². The Morgan fingerprint density at radius 1 is 1.21 bits per heavy atom. The van der Waals surface area contributed by atoms with Crippen LogP contribution >= 0.6 is 0 Å². The summed E-state index contributed by atoms with van der Waals surface area (Å²) in [7, 11) is 1.92. The van der Waals surface area contributed by atoms with Crippen LogP contribution in [0.25, 0.3) is 0 Å². The van der Waals surface area contributed by atoms with E-state index in [1.54, 1.807) is 6.33 Å². The molecule has 0 aliphatic heterocycles. The maximum Gasteiger partial charge on any atom is 0.140 e. The third-order valence-electron chi connectivity index (χ3n) is 3.18. The molecule has 0 bridgehead atoms. The monoisotopic (exact) mass is 259 g/mol. The molecule has 0 unspecified atom stereocenters. The molecule has 2 rings (SSSR count). The molecule has 0 amide bonds. The highest BCUT2D eigenvalue weighted by Gasteiger charge is 2.09. The highest BCUT2D eigenvalue weighted by atomic mass is 15.3. The third kappa shape index (κ3) is 4.15. The van der Waals surface area contributed by atoms with Crippen molar-refractivity contribution >= 4 is 0 Å². The maximum absolute atomic E-state index is 5.68. The molecular weight excluding hydrogens is 238 g/mol. The predicted octanol–water partition coefficient (Wildman–Crippen LogP) is 0.819. The zero-order chi connectivity index (χ0) is 13.5. The zero-order valence-corrected chi connectivity index (χ0v) is 11.4. The number of aromatic nitrogens is 3. The summed E-state index contributed by atoms with van der Waals surface area (Å²) in [5, 5.41) is 4.10. The summed E-state index contributed by atoms with van der Waals surface area (Å²) >= 11 is 0. The molecule has 0 aliphatic rings. The van der Waals surface area contributed by atoms with E-state index in [0.29, 0.717) is 6.54 Å². The Morgan fingerprint density at radius 3 is 2.63 bits per heavy atom. The Hall–Kier alpha value is -1.72. The fraction of sp³-hybridized carbons (Fsp3) is 0.429. The number of nitrogens with zero attached hydrogens (tertiary/aromatic N) is 4. The first-order valence-corrected chi connectivity index (χ1v) is 6.59. The lowest BCUT2D eigenvalue weighted by Gasteiger charge is -2.20. The van der Waals surface area contributed by atoms with Gasteiger partial charge in [0.25, 0.3) is 0 Å². The van der Waals surface area contributed by atoms with Crippen molar-refractivity contribution in [2.75, 3.05) is 19.6 Å². The Morgan fingerprint density at radius 2 is 2.00 bits per heavy atom. The van der Waals surface area contributed by atoms with Crippen molar-refractivity contribution < 1.29 is 0 Å². The predicted molar refractivity (Wildman–Crippen MR) is 75.5 cm³/mol. The standard InChI is InChI=1S/C14H21N5/c1-18-14(16-12-17-18)11-19(10-8-15)9-7-13-5-3-2-4-6-13/h2-6,12H,7-11,15H2,1H3. The molecule has 102 valence electrons. The Bertz CT molecular complexity index is 480. The highest BCUT2D eigenvalue weighted by molar-refractivity contribution is 5.14. The fourth-order valence-electron chi connectivity index (χ4n) is 2.05. The first kappa shape index (κ1) is 13.7. The van der Waals surface area contributed by atoms with E-state index in [9.17, 15) is 0 Å². The zero-order valence-electron chi connectivity index (χ0n) is 11.4. The van der Waals surface area contributed by atoms with Crippen molar-refractivity contribution in [2.24, 2.45) is 12.8 Å². The minimum Gasteiger partial charge on any atom is -0.329 e. The van der Waals surface area contributed by atoms with Crippen molar-refractivity contribution in [3.63, 3.8) is 0 Å². The lowest BCUT2D eigenvalue weighted by molar-refractivity contribution is 0.265. The van der Waals surface area contributed by atoms with Crippen LogP contribution in [0.3, 0.4) is 0 Å². The summed E-state index contributed by atoms with van der Waals surface area (Å²) in [5.41, 5.74) is 7.03. The van der Waals surface area contributed by atoms with E-state index in [-0.39, 0.29) is 0 Å². The van der Waals surface area contributed by atoms with Gasteiger partial charge < -0.3 is 5.73 Å². The Balaban J connectivity index is 1.91.